The predicted molar refractivity (Wildman–Crippen MR) is 74.9 cm³/mol. The van der Waals surface area contributed by atoms with Gasteiger partial charge in [0.2, 0.25) is 5.91 Å². The molecule has 5 nitrogen and oxygen atoms in total. The van der Waals surface area contributed by atoms with E-state index >= 15 is 0 Å². The van der Waals surface area contributed by atoms with Gasteiger partial charge in [-0.15, -0.1) is 0 Å². The van der Waals surface area contributed by atoms with E-state index in [-0.39, 0.29) is 12.5 Å². The first-order valence-corrected chi connectivity index (χ1v) is 6.27. The van der Waals surface area contributed by atoms with Crippen molar-refractivity contribution in [3.8, 4) is 0 Å². The molecule has 0 radical (unpaired) electrons. The maximum absolute atomic E-state index is 11.6. The van der Waals surface area contributed by atoms with E-state index < -0.39 is 0 Å². The topological polar surface area (TPSA) is 59.0 Å². The van der Waals surface area contributed by atoms with Crippen molar-refractivity contribution >= 4 is 11.6 Å². The molecule has 0 aliphatic rings. The predicted octanol–water partition coefficient (Wildman–Crippen LogP) is 1.19. The van der Waals surface area contributed by atoms with Crippen molar-refractivity contribution in [3.05, 3.63) is 48.3 Å². The Hall–Kier alpha value is -2.30. The molecule has 0 spiro atoms. The zero-order valence-electron chi connectivity index (χ0n) is 11.0. The molecule has 2 aromatic rings. The molecule has 2 N–H and O–H groups in total. The number of amides is 1. The lowest BCUT2D eigenvalue weighted by Crippen LogP contribution is -2.31. The molecule has 1 aromatic heterocycles. The fourth-order valence-electron chi connectivity index (χ4n) is 1.75. The molecule has 1 aromatic carbocycles. The lowest BCUT2D eigenvalue weighted by atomic mass is 10.2. The van der Waals surface area contributed by atoms with Crippen molar-refractivity contribution < 1.29 is 4.79 Å². The largest absolute Gasteiger partial charge is 0.376 e. The highest BCUT2D eigenvalue weighted by Gasteiger charge is 2.01. The van der Waals surface area contributed by atoms with Gasteiger partial charge >= 0.3 is 0 Å². The SMILES string of the molecule is Cn1cc(CCNC(=O)CNc2ccccc2)cn1. The van der Waals surface area contributed by atoms with Crippen molar-refractivity contribution in [1.82, 2.24) is 15.1 Å². The van der Waals surface area contributed by atoms with Gasteiger partial charge in [-0.05, 0) is 24.1 Å². The monoisotopic (exact) mass is 258 g/mol. The van der Waals surface area contributed by atoms with Crippen LogP contribution in [0, 0.1) is 0 Å². The van der Waals surface area contributed by atoms with E-state index in [2.05, 4.69) is 15.7 Å². The van der Waals surface area contributed by atoms with Crippen LogP contribution < -0.4 is 10.6 Å². The van der Waals surface area contributed by atoms with Crippen LogP contribution in [-0.4, -0.2) is 28.8 Å². The molecule has 0 aliphatic carbocycles. The van der Waals surface area contributed by atoms with Gasteiger partial charge in [-0.25, -0.2) is 0 Å². The molecule has 5 heteroatoms. The number of hydrogen-bond acceptors (Lipinski definition) is 3. The molecule has 0 bridgehead atoms. The standard InChI is InChI=1S/C14H18N4O/c1-18-11-12(9-17-18)7-8-15-14(19)10-16-13-5-3-2-4-6-13/h2-6,9,11,16H,7-8,10H2,1H3,(H,15,19). The van der Waals surface area contributed by atoms with Gasteiger partial charge in [0.05, 0.1) is 12.7 Å². The smallest absolute Gasteiger partial charge is 0.239 e. The van der Waals surface area contributed by atoms with Gasteiger partial charge in [-0.3, -0.25) is 9.48 Å². The van der Waals surface area contributed by atoms with Crippen molar-refractivity contribution in [2.45, 2.75) is 6.42 Å². The number of anilines is 1. The van der Waals surface area contributed by atoms with Crippen LogP contribution in [0.25, 0.3) is 0 Å². The van der Waals surface area contributed by atoms with Gasteiger partial charge in [0.1, 0.15) is 0 Å². The molecule has 0 saturated heterocycles. The summed E-state index contributed by atoms with van der Waals surface area (Å²) < 4.78 is 1.76. The first-order valence-electron chi connectivity index (χ1n) is 6.27. The van der Waals surface area contributed by atoms with E-state index in [0.717, 1.165) is 17.7 Å². The molecule has 1 amide bonds. The van der Waals surface area contributed by atoms with Crippen molar-refractivity contribution in [1.29, 1.82) is 0 Å². The third kappa shape index (κ3) is 4.46. The van der Waals surface area contributed by atoms with Crippen LogP contribution in [-0.2, 0) is 18.3 Å². The lowest BCUT2D eigenvalue weighted by molar-refractivity contribution is -0.119. The minimum atomic E-state index is -0.00672. The molecular weight excluding hydrogens is 240 g/mol. The molecule has 1 heterocycles. The Morgan fingerprint density at radius 2 is 2.11 bits per heavy atom. The van der Waals surface area contributed by atoms with E-state index in [1.54, 1.807) is 4.68 Å². The summed E-state index contributed by atoms with van der Waals surface area (Å²) in [5.74, 6) is -0.00672. The summed E-state index contributed by atoms with van der Waals surface area (Å²) in [5.41, 5.74) is 2.07. The molecule has 0 aliphatic heterocycles. The zero-order chi connectivity index (χ0) is 13.5. The van der Waals surface area contributed by atoms with E-state index in [1.165, 1.54) is 0 Å². The quantitative estimate of drug-likeness (QED) is 0.818. The van der Waals surface area contributed by atoms with Crippen LogP contribution in [0.2, 0.25) is 0 Å². The van der Waals surface area contributed by atoms with Crippen molar-refractivity contribution in [2.24, 2.45) is 7.05 Å². The summed E-state index contributed by atoms with van der Waals surface area (Å²) in [7, 11) is 1.88. The second-order valence-electron chi connectivity index (χ2n) is 4.34. The summed E-state index contributed by atoms with van der Waals surface area (Å²) in [4.78, 5) is 11.6. The highest BCUT2D eigenvalue weighted by atomic mass is 16.1. The molecule has 19 heavy (non-hydrogen) atoms. The number of benzene rings is 1. The third-order valence-corrected chi connectivity index (χ3v) is 2.72. The number of carbonyl (C=O) groups excluding carboxylic acids is 1. The van der Waals surface area contributed by atoms with Gasteiger partial charge in [-0.2, -0.15) is 5.10 Å². The van der Waals surface area contributed by atoms with Crippen LogP contribution in [0.15, 0.2) is 42.7 Å². The Kier molecular flexibility index (Phi) is 4.55. The highest BCUT2D eigenvalue weighted by molar-refractivity contribution is 5.80. The van der Waals surface area contributed by atoms with E-state index in [0.29, 0.717) is 6.54 Å². The number of aromatic nitrogens is 2. The summed E-state index contributed by atoms with van der Waals surface area (Å²) in [5, 5.41) is 10.0. The molecule has 0 saturated carbocycles. The zero-order valence-corrected chi connectivity index (χ0v) is 11.0. The van der Waals surface area contributed by atoms with Crippen LogP contribution in [0.1, 0.15) is 5.56 Å². The molecule has 0 atom stereocenters. The van der Waals surface area contributed by atoms with Crippen LogP contribution >= 0.6 is 0 Å². The summed E-state index contributed by atoms with van der Waals surface area (Å²) in [6.45, 7) is 0.915. The first kappa shape index (κ1) is 13.1. The van der Waals surface area contributed by atoms with E-state index in [9.17, 15) is 4.79 Å². The van der Waals surface area contributed by atoms with E-state index in [1.807, 2.05) is 49.8 Å². The molecular formula is C14H18N4O. The number of carbonyl (C=O) groups is 1. The molecule has 100 valence electrons. The van der Waals surface area contributed by atoms with Crippen molar-refractivity contribution in [2.75, 3.05) is 18.4 Å². The summed E-state index contributed by atoms with van der Waals surface area (Å²) in [6, 6.07) is 9.68. The Morgan fingerprint density at radius 1 is 1.32 bits per heavy atom. The normalized spacial score (nSPS) is 10.2. The lowest BCUT2D eigenvalue weighted by Gasteiger charge is -2.07. The second-order valence-corrected chi connectivity index (χ2v) is 4.34. The minimum absolute atomic E-state index is 0.00672. The molecule has 0 fully saturated rings. The van der Waals surface area contributed by atoms with Crippen LogP contribution in [0.3, 0.4) is 0 Å². The van der Waals surface area contributed by atoms with Gasteiger partial charge in [0, 0.05) is 25.5 Å². The number of hydrogen-bond donors (Lipinski definition) is 2. The minimum Gasteiger partial charge on any atom is -0.376 e. The first-order chi connectivity index (χ1) is 9.24. The highest BCUT2D eigenvalue weighted by Crippen LogP contribution is 2.03. The van der Waals surface area contributed by atoms with Gasteiger partial charge in [0.25, 0.3) is 0 Å². The fraction of sp³-hybridized carbons (Fsp3) is 0.286. The van der Waals surface area contributed by atoms with Gasteiger partial charge in [-0.1, -0.05) is 18.2 Å². The number of rotatable bonds is 6. The third-order valence-electron chi connectivity index (χ3n) is 2.72. The Labute approximate surface area is 112 Å². The number of aryl methyl sites for hydroxylation is 1. The Bertz CT molecular complexity index is 521. The molecule has 2 rings (SSSR count). The fourth-order valence-corrected chi connectivity index (χ4v) is 1.75. The van der Waals surface area contributed by atoms with Gasteiger partial charge in [0.15, 0.2) is 0 Å². The van der Waals surface area contributed by atoms with Crippen LogP contribution in [0.4, 0.5) is 5.69 Å². The Morgan fingerprint density at radius 3 is 2.79 bits per heavy atom. The average Bonchev–Trinajstić information content (AvgIpc) is 2.83. The van der Waals surface area contributed by atoms with E-state index in [4.69, 9.17) is 0 Å². The number of nitrogens with zero attached hydrogens (tertiary/aromatic N) is 2. The second kappa shape index (κ2) is 6.58. The van der Waals surface area contributed by atoms with Crippen LogP contribution in [0.5, 0.6) is 0 Å². The average molecular weight is 258 g/mol. The number of para-hydroxylation sites is 1. The number of nitrogens with one attached hydrogen (secondary N) is 2. The summed E-state index contributed by atoms with van der Waals surface area (Å²) in [6.07, 6.45) is 4.56. The Balaban J connectivity index is 1.65. The summed E-state index contributed by atoms with van der Waals surface area (Å²) >= 11 is 0. The van der Waals surface area contributed by atoms with Crippen molar-refractivity contribution in [3.63, 3.8) is 0 Å². The van der Waals surface area contributed by atoms with Gasteiger partial charge < -0.3 is 10.6 Å². The maximum Gasteiger partial charge on any atom is 0.239 e. The maximum atomic E-state index is 11.6. The molecule has 0 unspecified atom stereocenters.